The predicted octanol–water partition coefficient (Wildman–Crippen LogP) is 2.57. The quantitative estimate of drug-likeness (QED) is 0.867. The Balaban J connectivity index is 3.19. The molecule has 0 spiro atoms. The van der Waals surface area contributed by atoms with E-state index in [2.05, 4.69) is 4.90 Å². The molecule has 6 nitrogen and oxygen atoms in total. The second kappa shape index (κ2) is 6.44. The fourth-order valence-corrected chi connectivity index (χ4v) is 3.04. The molecule has 1 aliphatic rings. The van der Waals surface area contributed by atoms with Gasteiger partial charge in [0.15, 0.2) is 0 Å². The summed E-state index contributed by atoms with van der Waals surface area (Å²) in [5.74, 6) is -0.952. The zero-order valence-electron chi connectivity index (χ0n) is 14.8. The molecule has 1 aliphatic heterocycles. The summed E-state index contributed by atoms with van der Waals surface area (Å²) in [6, 6.07) is -0.157. The molecule has 0 aromatic heterocycles. The molecule has 1 saturated heterocycles. The topological polar surface area (TPSA) is 70.1 Å². The summed E-state index contributed by atoms with van der Waals surface area (Å²) in [7, 11) is 1.98. The highest BCUT2D eigenvalue weighted by Gasteiger charge is 2.52. The molecule has 0 aliphatic carbocycles. The van der Waals surface area contributed by atoms with Crippen LogP contribution in [-0.4, -0.2) is 63.8 Å². The van der Waals surface area contributed by atoms with E-state index in [1.165, 1.54) is 4.90 Å². The van der Waals surface area contributed by atoms with E-state index >= 15 is 0 Å². The molecular weight excluding hydrogens is 284 g/mol. The molecule has 1 amide bonds. The molecule has 2 atom stereocenters. The van der Waals surface area contributed by atoms with E-state index in [1.54, 1.807) is 20.8 Å². The molecular formula is C16H30N2O4. The van der Waals surface area contributed by atoms with E-state index in [0.717, 1.165) is 0 Å². The minimum atomic E-state index is -1.21. The maximum atomic E-state index is 12.6. The molecule has 0 saturated carbocycles. The first-order valence-electron chi connectivity index (χ1n) is 7.86. The number of piperidine rings is 1. The first-order chi connectivity index (χ1) is 9.90. The fraction of sp³-hybridized carbons (Fsp3) is 0.875. The number of carboxylic acids is 1. The van der Waals surface area contributed by atoms with Gasteiger partial charge in [-0.3, -0.25) is 4.90 Å². The number of ether oxygens (including phenoxy) is 1. The van der Waals surface area contributed by atoms with Gasteiger partial charge < -0.3 is 14.7 Å². The van der Waals surface area contributed by atoms with Gasteiger partial charge in [0.05, 0.1) is 0 Å². The Morgan fingerprint density at radius 1 is 1.36 bits per heavy atom. The lowest BCUT2D eigenvalue weighted by atomic mass is 9.81. The van der Waals surface area contributed by atoms with Crippen LogP contribution >= 0.6 is 0 Å². The second-order valence-corrected chi connectivity index (χ2v) is 7.56. The van der Waals surface area contributed by atoms with Crippen LogP contribution in [0.5, 0.6) is 0 Å². The molecule has 1 heterocycles. The molecule has 1 rings (SSSR count). The number of nitrogens with zero attached hydrogens (tertiary/aromatic N) is 2. The number of hydrogen-bond donors (Lipinski definition) is 1. The third-order valence-electron chi connectivity index (χ3n) is 4.23. The summed E-state index contributed by atoms with van der Waals surface area (Å²) in [5, 5.41) is 9.89. The van der Waals surface area contributed by atoms with E-state index in [1.807, 2.05) is 27.8 Å². The lowest BCUT2D eigenvalue weighted by molar-refractivity contribution is -0.157. The second-order valence-electron chi connectivity index (χ2n) is 7.56. The normalized spacial score (nSPS) is 26.8. The van der Waals surface area contributed by atoms with Crippen molar-refractivity contribution in [3.05, 3.63) is 0 Å². The first kappa shape index (κ1) is 18.7. The molecule has 2 unspecified atom stereocenters. The Morgan fingerprint density at radius 3 is 2.27 bits per heavy atom. The van der Waals surface area contributed by atoms with Crippen LogP contribution in [0, 0.1) is 0 Å². The van der Waals surface area contributed by atoms with Gasteiger partial charge in [0.1, 0.15) is 11.1 Å². The lowest BCUT2D eigenvalue weighted by Crippen LogP contribution is -2.65. The van der Waals surface area contributed by atoms with Gasteiger partial charge in [0.2, 0.25) is 0 Å². The van der Waals surface area contributed by atoms with Crippen LogP contribution < -0.4 is 0 Å². The average Bonchev–Trinajstić information content (AvgIpc) is 2.30. The number of rotatable bonds is 3. The van der Waals surface area contributed by atoms with Gasteiger partial charge in [-0.15, -0.1) is 0 Å². The van der Waals surface area contributed by atoms with Crippen molar-refractivity contribution in [3.8, 4) is 0 Å². The monoisotopic (exact) mass is 314 g/mol. The number of amides is 1. The minimum absolute atomic E-state index is 0.0912. The van der Waals surface area contributed by atoms with Crippen LogP contribution in [0.25, 0.3) is 0 Å². The van der Waals surface area contributed by atoms with Crippen molar-refractivity contribution in [2.75, 3.05) is 13.6 Å². The average molecular weight is 314 g/mol. The van der Waals surface area contributed by atoms with Crippen molar-refractivity contribution in [2.45, 2.75) is 77.6 Å². The highest BCUT2D eigenvalue weighted by atomic mass is 16.6. The number of hydrogen-bond acceptors (Lipinski definition) is 4. The molecule has 0 radical (unpaired) electrons. The largest absolute Gasteiger partial charge is 0.479 e. The zero-order chi connectivity index (χ0) is 17.3. The minimum Gasteiger partial charge on any atom is -0.479 e. The van der Waals surface area contributed by atoms with Crippen molar-refractivity contribution in [3.63, 3.8) is 0 Å². The molecule has 0 aromatic carbocycles. The summed E-state index contributed by atoms with van der Waals surface area (Å²) in [5.41, 5.74) is -1.86. The van der Waals surface area contributed by atoms with Gasteiger partial charge in [-0.25, -0.2) is 9.59 Å². The molecule has 1 fully saturated rings. The van der Waals surface area contributed by atoms with Crippen molar-refractivity contribution >= 4 is 12.1 Å². The van der Waals surface area contributed by atoms with Gasteiger partial charge in [-0.05, 0) is 61.4 Å². The summed E-state index contributed by atoms with van der Waals surface area (Å²) >= 11 is 0. The fourth-order valence-electron chi connectivity index (χ4n) is 3.04. The zero-order valence-corrected chi connectivity index (χ0v) is 14.8. The maximum absolute atomic E-state index is 12.6. The lowest BCUT2D eigenvalue weighted by Gasteiger charge is -2.49. The number of carbonyl (C=O) groups is 2. The van der Waals surface area contributed by atoms with Crippen molar-refractivity contribution in [1.82, 2.24) is 9.80 Å². The van der Waals surface area contributed by atoms with Gasteiger partial charge in [-0.2, -0.15) is 0 Å². The Kier molecular flexibility index (Phi) is 5.49. The van der Waals surface area contributed by atoms with E-state index in [-0.39, 0.29) is 12.1 Å². The Labute approximate surface area is 133 Å². The predicted molar refractivity (Wildman–Crippen MR) is 84.9 cm³/mol. The third kappa shape index (κ3) is 3.91. The van der Waals surface area contributed by atoms with Crippen LogP contribution in [0.3, 0.4) is 0 Å². The highest BCUT2D eigenvalue weighted by Crippen LogP contribution is 2.35. The van der Waals surface area contributed by atoms with E-state index < -0.39 is 23.2 Å². The Bertz CT molecular complexity index is 430. The number of carbonyl (C=O) groups excluding carboxylic acids is 1. The SMILES string of the molecule is CC1CC(C(=O)O)(N(C(=O)OC(C)(C)C)C(C)C)CCN1C. The highest BCUT2D eigenvalue weighted by molar-refractivity contribution is 5.85. The first-order valence-corrected chi connectivity index (χ1v) is 7.86. The van der Waals surface area contributed by atoms with E-state index in [9.17, 15) is 14.7 Å². The summed E-state index contributed by atoms with van der Waals surface area (Å²) in [4.78, 5) is 28.2. The molecule has 128 valence electrons. The molecule has 0 bridgehead atoms. The standard InChI is InChI=1S/C16H30N2O4/c1-11(2)18(14(21)22-15(4,5)6)16(13(19)20)8-9-17(7)12(3)10-16/h11-12H,8-10H2,1-7H3,(H,19,20). The summed E-state index contributed by atoms with van der Waals surface area (Å²) in [6.07, 6.45) is 0.248. The molecule has 6 heteroatoms. The molecule has 0 aromatic rings. The smallest absolute Gasteiger partial charge is 0.411 e. The summed E-state index contributed by atoms with van der Waals surface area (Å²) in [6.45, 7) is 11.6. The van der Waals surface area contributed by atoms with E-state index in [0.29, 0.717) is 19.4 Å². The van der Waals surface area contributed by atoms with Gasteiger partial charge in [-0.1, -0.05) is 0 Å². The van der Waals surface area contributed by atoms with E-state index in [4.69, 9.17) is 4.74 Å². The summed E-state index contributed by atoms with van der Waals surface area (Å²) < 4.78 is 5.46. The Hall–Kier alpha value is -1.30. The Morgan fingerprint density at radius 2 is 1.91 bits per heavy atom. The number of aliphatic carboxylic acids is 1. The third-order valence-corrected chi connectivity index (χ3v) is 4.23. The number of likely N-dealkylation sites (tertiary alicyclic amines) is 1. The van der Waals surface area contributed by atoms with Crippen molar-refractivity contribution in [1.29, 1.82) is 0 Å². The van der Waals surface area contributed by atoms with Gasteiger partial charge in [0, 0.05) is 18.6 Å². The van der Waals surface area contributed by atoms with Crippen molar-refractivity contribution < 1.29 is 19.4 Å². The van der Waals surface area contributed by atoms with Crippen molar-refractivity contribution in [2.24, 2.45) is 0 Å². The molecule has 1 N–H and O–H groups in total. The van der Waals surface area contributed by atoms with Crippen LogP contribution in [0.15, 0.2) is 0 Å². The van der Waals surface area contributed by atoms with Gasteiger partial charge >= 0.3 is 12.1 Å². The number of carboxylic acid groups (broad SMARTS) is 1. The van der Waals surface area contributed by atoms with Crippen LogP contribution in [0.1, 0.15) is 54.4 Å². The maximum Gasteiger partial charge on any atom is 0.411 e. The van der Waals surface area contributed by atoms with Crippen LogP contribution in [0.2, 0.25) is 0 Å². The van der Waals surface area contributed by atoms with Gasteiger partial charge in [0.25, 0.3) is 0 Å². The van der Waals surface area contributed by atoms with Crippen LogP contribution in [-0.2, 0) is 9.53 Å². The molecule has 22 heavy (non-hydrogen) atoms. The van der Waals surface area contributed by atoms with Crippen LogP contribution in [0.4, 0.5) is 4.79 Å².